The van der Waals surface area contributed by atoms with Crippen molar-refractivity contribution in [2.75, 3.05) is 6.54 Å². The molecular weight excluding hydrogens is 476 g/mol. The van der Waals surface area contributed by atoms with Crippen LogP contribution in [-0.2, 0) is 16.0 Å². The minimum atomic E-state index is -0.981. The summed E-state index contributed by atoms with van der Waals surface area (Å²) in [4.78, 5) is 23.5. The normalized spacial score (nSPS) is 21.4. The van der Waals surface area contributed by atoms with Crippen LogP contribution in [0.2, 0.25) is 0 Å². The zero-order chi connectivity index (χ0) is 27.1. The number of carbonyl (C=O) groups excluding carboxylic acids is 2. The third-order valence-corrected chi connectivity index (χ3v) is 7.08. The highest BCUT2D eigenvalue weighted by Gasteiger charge is 2.33. The molecule has 2 amide bonds. The Balaban J connectivity index is 1.75. The minimum absolute atomic E-state index is 0.0477. The van der Waals surface area contributed by atoms with Crippen LogP contribution in [0.5, 0.6) is 0 Å². The summed E-state index contributed by atoms with van der Waals surface area (Å²) in [6, 6.07) is 11.1. The summed E-state index contributed by atoms with van der Waals surface area (Å²) in [5.74, 6) is -1.28. The lowest BCUT2D eigenvalue weighted by molar-refractivity contribution is -0.121. The lowest BCUT2D eigenvalue weighted by Gasteiger charge is -2.38. The second-order valence-corrected chi connectivity index (χ2v) is 10.5. The summed E-state index contributed by atoms with van der Waals surface area (Å²) in [6.07, 6.45) is 1.49. The van der Waals surface area contributed by atoms with Crippen LogP contribution in [0.25, 0.3) is 0 Å². The number of benzene rings is 2. The molecular formula is C29H39F2N3O3. The van der Waals surface area contributed by atoms with Gasteiger partial charge in [0.2, 0.25) is 11.8 Å². The lowest BCUT2D eigenvalue weighted by atomic mass is 9.76. The first-order valence-corrected chi connectivity index (χ1v) is 13.0. The number of rotatable bonds is 10. The topological polar surface area (TPSA) is 90.5 Å². The van der Waals surface area contributed by atoms with Gasteiger partial charge in [-0.25, -0.2) is 8.78 Å². The molecule has 0 saturated heterocycles. The Hall–Kier alpha value is -2.84. The fourth-order valence-electron chi connectivity index (χ4n) is 5.29. The van der Waals surface area contributed by atoms with Gasteiger partial charge in [-0.2, -0.15) is 0 Å². The number of aliphatic hydroxyl groups excluding tert-OH is 1. The van der Waals surface area contributed by atoms with Gasteiger partial charge < -0.3 is 21.1 Å². The highest BCUT2D eigenvalue weighted by Crippen LogP contribution is 2.34. The van der Waals surface area contributed by atoms with Crippen LogP contribution in [0.4, 0.5) is 8.78 Å². The Labute approximate surface area is 218 Å². The fraction of sp³-hybridized carbons (Fsp3) is 0.517. The number of nitrogens with one attached hydrogen (secondary N) is 3. The number of amides is 2. The molecule has 1 saturated carbocycles. The first-order valence-electron chi connectivity index (χ1n) is 13.0. The zero-order valence-corrected chi connectivity index (χ0v) is 22.1. The number of hydrogen-bond donors (Lipinski definition) is 4. The molecule has 0 aromatic heterocycles. The van der Waals surface area contributed by atoms with Crippen molar-refractivity contribution < 1.29 is 23.5 Å². The number of halogens is 2. The van der Waals surface area contributed by atoms with E-state index in [1.54, 1.807) is 0 Å². The number of hydrogen-bond acceptors (Lipinski definition) is 4. The Bertz CT molecular complexity index is 1060. The zero-order valence-electron chi connectivity index (χ0n) is 22.1. The molecule has 202 valence electrons. The van der Waals surface area contributed by atoms with Crippen molar-refractivity contribution in [1.82, 2.24) is 16.0 Å². The Morgan fingerprint density at radius 2 is 1.73 bits per heavy atom. The predicted molar refractivity (Wildman–Crippen MR) is 140 cm³/mol. The van der Waals surface area contributed by atoms with Crippen molar-refractivity contribution in [3.63, 3.8) is 0 Å². The Morgan fingerprint density at radius 1 is 1.03 bits per heavy atom. The number of carbonyl (C=O) groups is 2. The molecule has 0 aliphatic heterocycles. The molecule has 0 bridgehead atoms. The van der Waals surface area contributed by atoms with E-state index in [1.165, 1.54) is 37.1 Å². The van der Waals surface area contributed by atoms with Crippen molar-refractivity contribution in [1.29, 1.82) is 0 Å². The molecule has 1 aliphatic rings. The van der Waals surface area contributed by atoms with Crippen LogP contribution in [0, 0.1) is 11.6 Å². The molecule has 2 aromatic rings. The molecule has 1 aliphatic carbocycles. The number of aliphatic hydroxyl groups is 1. The Morgan fingerprint density at radius 3 is 2.35 bits per heavy atom. The van der Waals surface area contributed by atoms with Crippen molar-refractivity contribution in [3.8, 4) is 0 Å². The monoisotopic (exact) mass is 515 g/mol. The van der Waals surface area contributed by atoms with E-state index in [0.29, 0.717) is 11.5 Å². The summed E-state index contributed by atoms with van der Waals surface area (Å²) >= 11 is 0. The van der Waals surface area contributed by atoms with E-state index in [-0.39, 0.29) is 42.8 Å². The molecule has 0 heterocycles. The van der Waals surface area contributed by atoms with E-state index >= 15 is 0 Å². The van der Waals surface area contributed by atoms with E-state index in [2.05, 4.69) is 54.1 Å². The van der Waals surface area contributed by atoms with Crippen LogP contribution >= 0.6 is 0 Å². The molecule has 5 atom stereocenters. The Kier molecular flexibility index (Phi) is 10.2. The molecule has 2 aromatic carbocycles. The standard InChI is InChI=1S/C29H39F2N3O3/c1-17(2)21-6-5-7-22(13-21)26-15-25(33-18(3)35)8-9-27(26)32-16-29(37)28(34-19(4)36)12-20-10-23(30)14-24(31)11-20/h5-7,10-11,13-14,17,25-29,32,37H,8-9,12,15-16H2,1-4H3,(H,33,35)(H,34,36). The van der Waals surface area contributed by atoms with Crippen LogP contribution in [0.3, 0.4) is 0 Å². The van der Waals surface area contributed by atoms with Gasteiger partial charge in [-0.05, 0) is 60.4 Å². The van der Waals surface area contributed by atoms with E-state index in [4.69, 9.17) is 0 Å². The predicted octanol–water partition coefficient (Wildman–Crippen LogP) is 3.93. The van der Waals surface area contributed by atoms with Gasteiger partial charge >= 0.3 is 0 Å². The van der Waals surface area contributed by atoms with Crippen molar-refractivity contribution in [2.45, 2.75) is 89.4 Å². The molecule has 5 unspecified atom stereocenters. The van der Waals surface area contributed by atoms with E-state index in [9.17, 15) is 23.5 Å². The van der Waals surface area contributed by atoms with Gasteiger partial charge in [0.15, 0.2) is 0 Å². The lowest BCUT2D eigenvalue weighted by Crippen LogP contribution is -2.52. The maximum Gasteiger partial charge on any atom is 0.217 e. The van der Waals surface area contributed by atoms with Gasteiger partial charge in [-0.1, -0.05) is 38.1 Å². The van der Waals surface area contributed by atoms with Crippen molar-refractivity contribution in [3.05, 3.63) is 70.8 Å². The third-order valence-electron chi connectivity index (χ3n) is 7.08. The maximum absolute atomic E-state index is 13.7. The van der Waals surface area contributed by atoms with Gasteiger partial charge in [-0.3, -0.25) is 9.59 Å². The summed E-state index contributed by atoms with van der Waals surface area (Å²) in [6.45, 7) is 7.37. The molecule has 8 heteroatoms. The summed E-state index contributed by atoms with van der Waals surface area (Å²) < 4.78 is 27.4. The van der Waals surface area contributed by atoms with Crippen molar-refractivity contribution >= 4 is 11.8 Å². The van der Waals surface area contributed by atoms with Crippen LogP contribution in [0.1, 0.15) is 75.5 Å². The van der Waals surface area contributed by atoms with E-state index < -0.39 is 23.8 Å². The van der Waals surface area contributed by atoms with E-state index in [1.807, 2.05) is 0 Å². The second-order valence-electron chi connectivity index (χ2n) is 10.5. The summed E-state index contributed by atoms with van der Waals surface area (Å²) in [5, 5.41) is 20.3. The van der Waals surface area contributed by atoms with Crippen LogP contribution < -0.4 is 16.0 Å². The third kappa shape index (κ3) is 8.61. The first kappa shape index (κ1) is 28.7. The van der Waals surface area contributed by atoms with Crippen LogP contribution in [-0.4, -0.2) is 47.7 Å². The molecule has 37 heavy (non-hydrogen) atoms. The minimum Gasteiger partial charge on any atom is -0.390 e. The van der Waals surface area contributed by atoms with Gasteiger partial charge in [0, 0.05) is 44.5 Å². The van der Waals surface area contributed by atoms with Gasteiger partial charge in [0.05, 0.1) is 12.1 Å². The second kappa shape index (κ2) is 13.1. The molecule has 1 fully saturated rings. The molecule has 6 nitrogen and oxygen atoms in total. The quantitative estimate of drug-likeness (QED) is 0.386. The van der Waals surface area contributed by atoms with Gasteiger partial charge in [0.1, 0.15) is 11.6 Å². The highest BCUT2D eigenvalue weighted by atomic mass is 19.1. The van der Waals surface area contributed by atoms with Crippen molar-refractivity contribution in [2.24, 2.45) is 0 Å². The highest BCUT2D eigenvalue weighted by molar-refractivity contribution is 5.73. The average Bonchev–Trinajstić information content (AvgIpc) is 2.81. The summed E-state index contributed by atoms with van der Waals surface area (Å²) in [7, 11) is 0. The van der Waals surface area contributed by atoms with E-state index in [0.717, 1.165) is 25.3 Å². The molecule has 3 rings (SSSR count). The van der Waals surface area contributed by atoms with Gasteiger partial charge in [0.25, 0.3) is 0 Å². The fourth-order valence-corrected chi connectivity index (χ4v) is 5.29. The average molecular weight is 516 g/mol. The van der Waals surface area contributed by atoms with Crippen LogP contribution in [0.15, 0.2) is 42.5 Å². The SMILES string of the molecule is CC(=O)NC1CCC(NCC(O)C(Cc2cc(F)cc(F)c2)NC(C)=O)C(c2cccc(C(C)C)c2)C1. The molecule has 0 spiro atoms. The largest absolute Gasteiger partial charge is 0.390 e. The smallest absolute Gasteiger partial charge is 0.217 e. The maximum atomic E-state index is 13.7. The first-order chi connectivity index (χ1) is 17.5. The summed E-state index contributed by atoms with van der Waals surface area (Å²) in [5.41, 5.74) is 2.78. The molecule has 0 radical (unpaired) electrons. The molecule has 4 N–H and O–H groups in total. The van der Waals surface area contributed by atoms with Gasteiger partial charge in [-0.15, -0.1) is 0 Å².